The number of hydrogen-bond donors (Lipinski definition) is 1. The van der Waals surface area contributed by atoms with E-state index in [1.165, 1.54) is 5.56 Å². The van der Waals surface area contributed by atoms with Gasteiger partial charge in [0, 0.05) is 35.3 Å². The number of carbonyl (C=O) groups is 1. The number of likely N-dealkylation sites (N-methyl/N-ethyl adjacent to an activating group) is 1. The van der Waals surface area contributed by atoms with Crippen LogP contribution in [0, 0.1) is 6.92 Å². The molecule has 0 radical (unpaired) electrons. The zero-order valence-electron chi connectivity index (χ0n) is 32.1. The van der Waals surface area contributed by atoms with E-state index in [1.807, 2.05) is 49.3 Å². The van der Waals surface area contributed by atoms with Crippen molar-refractivity contribution in [1.29, 1.82) is 0 Å². The second kappa shape index (κ2) is 16.5. The van der Waals surface area contributed by atoms with Crippen LogP contribution in [-0.4, -0.2) is 59.5 Å². The van der Waals surface area contributed by atoms with E-state index in [9.17, 15) is 4.79 Å². The molecule has 1 atom stereocenters. The molecule has 0 aromatic heterocycles. The minimum absolute atomic E-state index is 0.233. The number of fused-ring (bicyclic) bond motifs is 2. The van der Waals surface area contributed by atoms with Crippen molar-refractivity contribution >= 4 is 23.2 Å². The predicted molar refractivity (Wildman–Crippen MR) is 214 cm³/mol. The van der Waals surface area contributed by atoms with E-state index in [1.54, 1.807) is 57.7 Å². The number of hydrazine groups is 1. The summed E-state index contributed by atoms with van der Waals surface area (Å²) in [5.41, 5.74) is 7.31. The molecule has 0 saturated carbocycles. The van der Waals surface area contributed by atoms with Gasteiger partial charge in [0.1, 0.15) is 5.75 Å². The number of anilines is 1. The number of methoxy groups -OCH3 is 4. The molecule has 0 fully saturated rings. The number of aryl methyl sites for hydroxylation is 3. The van der Waals surface area contributed by atoms with Crippen molar-refractivity contribution in [2.75, 3.05) is 53.6 Å². The fraction of sp³-hybridized carbons (Fsp3) is 0.295. The van der Waals surface area contributed by atoms with Crippen LogP contribution in [0.4, 0.5) is 5.69 Å². The van der Waals surface area contributed by atoms with Crippen molar-refractivity contribution in [1.82, 2.24) is 10.3 Å². The molecule has 4 aliphatic heterocycles. The highest BCUT2D eigenvalue weighted by atomic mass is 35.5. The van der Waals surface area contributed by atoms with E-state index in [0.29, 0.717) is 81.8 Å². The molecule has 0 saturated heterocycles. The quantitative estimate of drug-likeness (QED) is 0.167. The summed E-state index contributed by atoms with van der Waals surface area (Å²) in [5, 5.41) is 7.57. The average Bonchev–Trinajstić information content (AvgIpc) is 3.20. The lowest BCUT2D eigenvalue weighted by Gasteiger charge is -2.39. The Morgan fingerprint density at radius 1 is 0.782 bits per heavy atom. The van der Waals surface area contributed by atoms with Gasteiger partial charge in [-0.1, -0.05) is 23.7 Å². The summed E-state index contributed by atoms with van der Waals surface area (Å²) in [6.07, 6.45) is 2.99. The van der Waals surface area contributed by atoms with Gasteiger partial charge in [0.05, 0.1) is 34.1 Å². The Morgan fingerprint density at radius 2 is 1.49 bits per heavy atom. The van der Waals surface area contributed by atoms with Gasteiger partial charge < -0.3 is 33.7 Å². The van der Waals surface area contributed by atoms with Crippen LogP contribution < -0.4 is 38.7 Å². The Bertz CT molecular complexity index is 2190. The van der Waals surface area contributed by atoms with E-state index >= 15 is 0 Å². The number of rotatable bonds is 8. The van der Waals surface area contributed by atoms with E-state index in [0.717, 1.165) is 53.6 Å². The van der Waals surface area contributed by atoms with Crippen molar-refractivity contribution in [2.24, 2.45) is 0 Å². The van der Waals surface area contributed by atoms with Gasteiger partial charge in [-0.3, -0.25) is 4.79 Å². The first-order valence-electron chi connectivity index (χ1n) is 18.3. The topological polar surface area (TPSA) is 91.0 Å². The fourth-order valence-corrected chi connectivity index (χ4v) is 7.43. The van der Waals surface area contributed by atoms with Crippen LogP contribution in [0.1, 0.15) is 43.7 Å². The maximum atomic E-state index is 14.7. The molecule has 11 heteroatoms. The zero-order chi connectivity index (χ0) is 38.6. The standard InChI is InChI=1S/C44H46ClN3O7/c1-27-21-39-38(51-4)25-36(27)48(44(49)29-11-13-33(45)14-12-29)47-20-18-32-24-41(52-5)43(53-6)42(35(32)26-47)55-40-23-30(31(17-19-46-2)22-37(40)50-3)10-7-28-8-15-34(54-39)16-9-28/h8-9,11-16,21-25,46H,7,10,17-20,26H2,1-6H3. The maximum absolute atomic E-state index is 14.7. The number of nitrogens with one attached hydrogen (secondary N) is 1. The first-order chi connectivity index (χ1) is 26.7. The molecule has 1 N–H and O–H groups in total. The smallest absolute Gasteiger partial charge is 0.272 e. The fourth-order valence-electron chi connectivity index (χ4n) is 7.31. The van der Waals surface area contributed by atoms with Crippen LogP contribution in [0.3, 0.4) is 0 Å². The number of amides is 1. The molecule has 4 aliphatic rings. The van der Waals surface area contributed by atoms with Crippen molar-refractivity contribution in [3.8, 4) is 46.0 Å². The Labute approximate surface area is 327 Å². The van der Waals surface area contributed by atoms with Gasteiger partial charge in [-0.25, -0.2) is 10.0 Å². The number of nitrogens with zero attached hydrogens (tertiary/aromatic N) is 2. The summed E-state index contributed by atoms with van der Waals surface area (Å²) in [5.74, 6) is 4.13. The third-order valence-corrected chi connectivity index (χ3v) is 10.5. The van der Waals surface area contributed by atoms with Crippen molar-refractivity contribution in [3.63, 3.8) is 0 Å². The molecular formula is C44H46ClN3O7. The lowest BCUT2D eigenvalue weighted by Crippen LogP contribution is -2.49. The highest BCUT2D eigenvalue weighted by Gasteiger charge is 2.34. The first-order valence-corrected chi connectivity index (χ1v) is 18.7. The van der Waals surface area contributed by atoms with Crippen LogP contribution >= 0.6 is 11.6 Å². The summed E-state index contributed by atoms with van der Waals surface area (Å²) < 4.78 is 37.2. The summed E-state index contributed by atoms with van der Waals surface area (Å²) >= 11 is 6.26. The van der Waals surface area contributed by atoms with Crippen molar-refractivity contribution in [2.45, 2.75) is 39.2 Å². The molecule has 5 aromatic carbocycles. The number of hydrogen-bond acceptors (Lipinski definition) is 9. The third-order valence-electron chi connectivity index (χ3n) is 10.3. The Hall–Kier alpha value is -5.42. The molecule has 4 heterocycles. The lowest BCUT2D eigenvalue weighted by molar-refractivity contribution is 0.0878. The van der Waals surface area contributed by atoms with Crippen LogP contribution in [-0.2, 0) is 32.2 Å². The van der Waals surface area contributed by atoms with Gasteiger partial charge in [0.25, 0.3) is 5.91 Å². The van der Waals surface area contributed by atoms with Crippen molar-refractivity contribution in [3.05, 3.63) is 123 Å². The van der Waals surface area contributed by atoms with Crippen LogP contribution in [0.5, 0.6) is 46.0 Å². The molecule has 5 aromatic rings. The minimum Gasteiger partial charge on any atom is -0.493 e. The van der Waals surface area contributed by atoms with Gasteiger partial charge in [-0.05, 0) is 135 Å². The average molecular weight is 764 g/mol. The molecule has 0 aliphatic carbocycles. The summed E-state index contributed by atoms with van der Waals surface area (Å²) in [6, 6.07) is 24.9. The molecule has 286 valence electrons. The maximum Gasteiger partial charge on any atom is 0.272 e. The molecule has 10 nitrogen and oxygen atoms in total. The number of ether oxygens (including phenoxy) is 6. The first kappa shape index (κ1) is 37.9. The molecular weight excluding hydrogens is 718 g/mol. The monoisotopic (exact) mass is 763 g/mol. The van der Waals surface area contributed by atoms with Gasteiger partial charge in [0.2, 0.25) is 5.75 Å². The van der Waals surface area contributed by atoms with E-state index < -0.39 is 0 Å². The molecule has 1 amide bonds. The lowest BCUT2D eigenvalue weighted by atomic mass is 9.96. The number of carbonyl (C=O) groups excluding carboxylic acids is 1. The van der Waals surface area contributed by atoms with E-state index in [-0.39, 0.29) is 5.91 Å². The van der Waals surface area contributed by atoms with E-state index in [4.69, 9.17) is 40.0 Å². The Morgan fingerprint density at radius 3 is 2.18 bits per heavy atom. The molecule has 8 bridgehead atoms. The van der Waals surface area contributed by atoms with Gasteiger partial charge in [-0.2, -0.15) is 0 Å². The van der Waals surface area contributed by atoms with Crippen LogP contribution in [0.2, 0.25) is 5.02 Å². The number of halogens is 1. The second-order valence-electron chi connectivity index (χ2n) is 13.6. The molecule has 1 unspecified atom stereocenters. The second-order valence-corrected chi connectivity index (χ2v) is 14.0. The van der Waals surface area contributed by atoms with Crippen LogP contribution in [0.25, 0.3) is 0 Å². The van der Waals surface area contributed by atoms with Gasteiger partial charge >= 0.3 is 0 Å². The number of benzene rings is 5. The highest BCUT2D eigenvalue weighted by Crippen LogP contribution is 2.49. The van der Waals surface area contributed by atoms with Gasteiger partial charge in [-0.15, -0.1) is 0 Å². The van der Waals surface area contributed by atoms with Crippen molar-refractivity contribution < 1.29 is 33.2 Å². The Kier molecular flexibility index (Phi) is 11.4. The summed E-state index contributed by atoms with van der Waals surface area (Å²) in [7, 11) is 8.43. The van der Waals surface area contributed by atoms with Gasteiger partial charge in [0.15, 0.2) is 34.5 Å². The third kappa shape index (κ3) is 7.76. The largest absolute Gasteiger partial charge is 0.493 e. The summed E-state index contributed by atoms with van der Waals surface area (Å²) in [4.78, 5) is 14.7. The molecule has 9 rings (SSSR count). The molecule has 0 spiro atoms. The van der Waals surface area contributed by atoms with Crippen LogP contribution in [0.15, 0.2) is 78.9 Å². The normalized spacial score (nSPS) is 14.8. The Balaban J connectivity index is 1.45. The molecule has 55 heavy (non-hydrogen) atoms. The SMILES string of the molecule is CNCCc1cc(OC)c2cc1CCc1ccc(cc1)Oc1cc(C)c(cc1OC)N(C(=O)c1ccc(Cl)cc1)N1CCc3cc(OC)c(OC)c(c3C1)O2. The predicted octanol–water partition coefficient (Wildman–Crippen LogP) is 8.75. The highest BCUT2D eigenvalue weighted by molar-refractivity contribution is 6.30. The minimum atomic E-state index is -0.233. The summed E-state index contributed by atoms with van der Waals surface area (Å²) in [6.45, 7) is 3.60. The van der Waals surface area contributed by atoms with E-state index in [2.05, 4.69) is 29.6 Å². The zero-order valence-corrected chi connectivity index (χ0v) is 32.8.